The maximum absolute atomic E-state index is 6.29. The second-order valence-corrected chi connectivity index (χ2v) is 6.26. The van der Waals surface area contributed by atoms with Gasteiger partial charge in [0.05, 0.1) is 5.69 Å². The molecule has 0 unspecified atom stereocenters. The fourth-order valence-electron chi connectivity index (χ4n) is 2.41. The van der Waals surface area contributed by atoms with Gasteiger partial charge < -0.3 is 16.0 Å². The summed E-state index contributed by atoms with van der Waals surface area (Å²) in [5.74, 6) is 1.29. The summed E-state index contributed by atoms with van der Waals surface area (Å²) in [6.07, 6.45) is 1.52. The molecule has 6 heteroatoms. The Morgan fingerprint density at radius 1 is 1.04 bits per heavy atom. The van der Waals surface area contributed by atoms with Gasteiger partial charge in [0, 0.05) is 18.1 Å². The third-order valence-corrected chi connectivity index (χ3v) is 4.31. The van der Waals surface area contributed by atoms with Crippen LogP contribution in [0.3, 0.4) is 0 Å². The van der Waals surface area contributed by atoms with Crippen LogP contribution in [0.2, 0.25) is 0 Å². The number of nitrogen functional groups attached to an aromatic ring is 1. The molecule has 0 radical (unpaired) electrons. The number of rotatable bonds is 5. The third kappa shape index (κ3) is 3.65. The normalized spacial score (nSPS) is 10.4. The topological polar surface area (TPSA) is 67.1 Å². The minimum Gasteiger partial charge on any atom is -0.393 e. The molecule has 0 spiro atoms. The average molecular weight is 384 g/mol. The van der Waals surface area contributed by atoms with E-state index in [4.69, 9.17) is 5.73 Å². The monoisotopic (exact) mass is 383 g/mol. The van der Waals surface area contributed by atoms with E-state index >= 15 is 0 Å². The number of benzene rings is 2. The lowest BCUT2D eigenvalue weighted by molar-refractivity contribution is 0.894. The first-order chi connectivity index (χ1) is 11.6. The predicted molar refractivity (Wildman–Crippen MR) is 102 cm³/mol. The van der Waals surface area contributed by atoms with Gasteiger partial charge in [-0.15, -0.1) is 0 Å². The van der Waals surface area contributed by atoms with Crippen LogP contribution in [0.1, 0.15) is 5.56 Å². The van der Waals surface area contributed by atoms with Gasteiger partial charge in [0.25, 0.3) is 0 Å². The van der Waals surface area contributed by atoms with Crippen molar-refractivity contribution in [2.45, 2.75) is 6.54 Å². The highest BCUT2D eigenvalue weighted by molar-refractivity contribution is 9.10. The summed E-state index contributed by atoms with van der Waals surface area (Å²) in [6.45, 7) is 0.719. The van der Waals surface area contributed by atoms with Gasteiger partial charge in [0.15, 0.2) is 11.6 Å². The van der Waals surface area contributed by atoms with Crippen LogP contribution in [0, 0.1) is 0 Å². The lowest BCUT2D eigenvalue weighted by Gasteiger charge is -2.21. The number of hydrogen-bond donors (Lipinski definition) is 2. The number of hydrogen-bond acceptors (Lipinski definition) is 5. The van der Waals surface area contributed by atoms with E-state index in [0.29, 0.717) is 17.3 Å². The van der Waals surface area contributed by atoms with Crippen molar-refractivity contribution in [1.82, 2.24) is 9.97 Å². The molecule has 0 fully saturated rings. The molecule has 1 aromatic heterocycles. The maximum Gasteiger partial charge on any atom is 0.159 e. The highest BCUT2D eigenvalue weighted by Crippen LogP contribution is 2.31. The molecule has 0 saturated carbocycles. The zero-order chi connectivity index (χ0) is 16.9. The number of anilines is 4. The standard InChI is InChI=1S/C18H18BrN5/c1-24(11-13-7-3-2-4-8-13)18-16(20)17(21-12-22-18)23-15-10-6-5-9-14(15)19/h2-10,12H,11,20H2,1H3,(H,21,22,23). The molecule has 0 saturated heterocycles. The molecular formula is C18H18BrN5. The second-order valence-electron chi connectivity index (χ2n) is 5.41. The van der Waals surface area contributed by atoms with Crippen LogP contribution >= 0.6 is 15.9 Å². The van der Waals surface area contributed by atoms with E-state index in [1.807, 2.05) is 54.4 Å². The zero-order valence-electron chi connectivity index (χ0n) is 13.3. The zero-order valence-corrected chi connectivity index (χ0v) is 14.9. The molecule has 0 aliphatic rings. The number of nitrogens with one attached hydrogen (secondary N) is 1. The van der Waals surface area contributed by atoms with E-state index in [1.165, 1.54) is 11.9 Å². The summed E-state index contributed by atoms with van der Waals surface area (Å²) in [7, 11) is 1.97. The van der Waals surface area contributed by atoms with Crippen LogP contribution in [-0.2, 0) is 6.54 Å². The molecule has 3 N–H and O–H groups in total. The van der Waals surface area contributed by atoms with Gasteiger partial charge in [-0.05, 0) is 33.6 Å². The Balaban J connectivity index is 1.84. The summed E-state index contributed by atoms with van der Waals surface area (Å²) in [4.78, 5) is 10.6. The van der Waals surface area contributed by atoms with Crippen LogP contribution in [0.25, 0.3) is 0 Å². The summed E-state index contributed by atoms with van der Waals surface area (Å²) < 4.78 is 0.946. The number of para-hydroxylation sites is 1. The largest absolute Gasteiger partial charge is 0.393 e. The molecule has 0 aliphatic heterocycles. The van der Waals surface area contributed by atoms with Gasteiger partial charge in [0.2, 0.25) is 0 Å². The van der Waals surface area contributed by atoms with Crippen molar-refractivity contribution in [3.8, 4) is 0 Å². The number of nitrogens with zero attached hydrogens (tertiary/aromatic N) is 3. The van der Waals surface area contributed by atoms with E-state index in [1.54, 1.807) is 0 Å². The molecule has 0 amide bonds. The molecule has 3 aromatic rings. The first-order valence-electron chi connectivity index (χ1n) is 7.52. The Kier molecular flexibility index (Phi) is 4.96. The van der Waals surface area contributed by atoms with Gasteiger partial charge in [-0.3, -0.25) is 0 Å². The highest BCUT2D eigenvalue weighted by atomic mass is 79.9. The van der Waals surface area contributed by atoms with E-state index in [-0.39, 0.29) is 0 Å². The molecule has 0 bridgehead atoms. The fourth-order valence-corrected chi connectivity index (χ4v) is 2.80. The lowest BCUT2D eigenvalue weighted by Crippen LogP contribution is -2.20. The Labute approximate surface area is 149 Å². The van der Waals surface area contributed by atoms with E-state index in [2.05, 4.69) is 43.3 Å². The summed E-state index contributed by atoms with van der Waals surface area (Å²) in [5.41, 5.74) is 8.91. The van der Waals surface area contributed by atoms with E-state index in [0.717, 1.165) is 16.7 Å². The fraction of sp³-hybridized carbons (Fsp3) is 0.111. The Morgan fingerprint density at radius 2 is 1.75 bits per heavy atom. The van der Waals surface area contributed by atoms with Crippen molar-refractivity contribution < 1.29 is 0 Å². The summed E-state index contributed by atoms with van der Waals surface area (Å²) in [6, 6.07) is 18.0. The van der Waals surface area contributed by atoms with Crippen molar-refractivity contribution in [3.63, 3.8) is 0 Å². The SMILES string of the molecule is CN(Cc1ccccc1)c1ncnc(Nc2ccccc2Br)c1N. The van der Waals surface area contributed by atoms with Gasteiger partial charge in [0.1, 0.15) is 12.0 Å². The smallest absolute Gasteiger partial charge is 0.159 e. The molecule has 24 heavy (non-hydrogen) atoms. The predicted octanol–water partition coefficient (Wildman–Crippen LogP) is 4.20. The van der Waals surface area contributed by atoms with Crippen molar-refractivity contribution in [2.24, 2.45) is 0 Å². The first-order valence-corrected chi connectivity index (χ1v) is 8.31. The molecule has 122 valence electrons. The molecule has 1 heterocycles. The Morgan fingerprint density at radius 3 is 2.50 bits per heavy atom. The molecule has 5 nitrogen and oxygen atoms in total. The van der Waals surface area contributed by atoms with Crippen molar-refractivity contribution in [3.05, 3.63) is 71.0 Å². The van der Waals surface area contributed by atoms with E-state index in [9.17, 15) is 0 Å². The number of halogens is 1. The molecule has 0 atom stereocenters. The van der Waals surface area contributed by atoms with Crippen LogP contribution in [0.15, 0.2) is 65.4 Å². The van der Waals surface area contributed by atoms with Crippen LogP contribution < -0.4 is 16.0 Å². The third-order valence-electron chi connectivity index (χ3n) is 3.61. The van der Waals surface area contributed by atoms with Gasteiger partial charge in [-0.1, -0.05) is 42.5 Å². The highest BCUT2D eigenvalue weighted by Gasteiger charge is 2.13. The van der Waals surface area contributed by atoms with Gasteiger partial charge in [-0.2, -0.15) is 0 Å². The second kappa shape index (κ2) is 7.31. The Hall–Kier alpha value is -2.60. The minimum atomic E-state index is 0.520. The first kappa shape index (κ1) is 16.3. The van der Waals surface area contributed by atoms with Crippen molar-refractivity contribution in [2.75, 3.05) is 23.0 Å². The van der Waals surface area contributed by atoms with E-state index < -0.39 is 0 Å². The minimum absolute atomic E-state index is 0.520. The number of aromatic nitrogens is 2. The quantitative estimate of drug-likeness (QED) is 0.690. The lowest BCUT2D eigenvalue weighted by atomic mass is 10.2. The Bertz CT molecular complexity index is 823. The van der Waals surface area contributed by atoms with Crippen LogP contribution in [0.5, 0.6) is 0 Å². The molecular weight excluding hydrogens is 366 g/mol. The average Bonchev–Trinajstić information content (AvgIpc) is 2.59. The summed E-state index contributed by atoms with van der Waals surface area (Å²) >= 11 is 3.51. The van der Waals surface area contributed by atoms with Crippen molar-refractivity contribution >= 4 is 38.9 Å². The molecule has 0 aliphatic carbocycles. The molecule has 2 aromatic carbocycles. The maximum atomic E-state index is 6.29. The van der Waals surface area contributed by atoms with Gasteiger partial charge in [-0.25, -0.2) is 9.97 Å². The summed E-state index contributed by atoms with van der Waals surface area (Å²) in [5, 5.41) is 3.25. The van der Waals surface area contributed by atoms with Gasteiger partial charge >= 0.3 is 0 Å². The van der Waals surface area contributed by atoms with Crippen molar-refractivity contribution in [1.29, 1.82) is 0 Å². The van der Waals surface area contributed by atoms with Crippen LogP contribution in [0.4, 0.5) is 23.0 Å². The van der Waals surface area contributed by atoms with Crippen LogP contribution in [-0.4, -0.2) is 17.0 Å². The number of nitrogens with two attached hydrogens (primary N) is 1. The molecule has 3 rings (SSSR count).